The van der Waals surface area contributed by atoms with Crippen LogP contribution in [0.15, 0.2) is 18.2 Å². The Kier molecular flexibility index (Phi) is 3.73. The van der Waals surface area contributed by atoms with Crippen LogP contribution in [0, 0.1) is 6.92 Å². The molecule has 0 unspecified atom stereocenters. The van der Waals surface area contributed by atoms with Crippen LogP contribution in [0.5, 0.6) is 5.75 Å². The molecule has 0 aliphatic carbocycles. The largest absolute Gasteiger partial charge is 0.491 e. The summed E-state index contributed by atoms with van der Waals surface area (Å²) in [5.41, 5.74) is 7.58. The molecule has 3 heteroatoms. The van der Waals surface area contributed by atoms with Crippen molar-refractivity contribution in [3.8, 4) is 5.75 Å². The third kappa shape index (κ3) is 2.44. The predicted octanol–water partition coefficient (Wildman–Crippen LogP) is 0.825. The molecule has 0 atom stereocenters. The summed E-state index contributed by atoms with van der Waals surface area (Å²) in [6.07, 6.45) is 0. The zero-order chi connectivity index (χ0) is 9.68. The third-order valence-corrected chi connectivity index (χ3v) is 1.85. The van der Waals surface area contributed by atoms with E-state index in [-0.39, 0.29) is 6.61 Å². The molecule has 0 aromatic heterocycles. The maximum Gasteiger partial charge on any atom is 0.126 e. The van der Waals surface area contributed by atoms with Crippen molar-refractivity contribution < 1.29 is 9.84 Å². The number of rotatable bonds is 4. The van der Waals surface area contributed by atoms with Gasteiger partial charge < -0.3 is 15.6 Å². The molecular formula is C10H15NO2. The molecule has 0 fully saturated rings. The molecule has 0 aliphatic heterocycles. The number of aliphatic hydroxyl groups is 1. The van der Waals surface area contributed by atoms with E-state index in [1.165, 1.54) is 0 Å². The van der Waals surface area contributed by atoms with Crippen molar-refractivity contribution in [1.29, 1.82) is 0 Å². The fraction of sp³-hybridized carbons (Fsp3) is 0.400. The van der Waals surface area contributed by atoms with Crippen LogP contribution < -0.4 is 10.5 Å². The number of hydrogen-bond acceptors (Lipinski definition) is 3. The van der Waals surface area contributed by atoms with Crippen molar-refractivity contribution in [3.63, 3.8) is 0 Å². The first-order valence-corrected chi connectivity index (χ1v) is 4.31. The number of hydrogen-bond donors (Lipinski definition) is 2. The van der Waals surface area contributed by atoms with Crippen molar-refractivity contribution >= 4 is 0 Å². The molecule has 0 radical (unpaired) electrons. The lowest BCUT2D eigenvalue weighted by atomic mass is 10.1. The summed E-state index contributed by atoms with van der Waals surface area (Å²) in [7, 11) is 0. The van der Waals surface area contributed by atoms with E-state index in [0.717, 1.165) is 16.9 Å². The second-order valence-corrected chi connectivity index (χ2v) is 2.84. The molecule has 72 valence electrons. The van der Waals surface area contributed by atoms with Crippen LogP contribution in [0.3, 0.4) is 0 Å². The minimum atomic E-state index is 0.0261. The Morgan fingerprint density at radius 2 is 2.23 bits per heavy atom. The van der Waals surface area contributed by atoms with Crippen LogP contribution >= 0.6 is 0 Å². The number of aryl methyl sites for hydroxylation is 1. The van der Waals surface area contributed by atoms with E-state index in [4.69, 9.17) is 15.6 Å². The summed E-state index contributed by atoms with van der Waals surface area (Å²) < 4.78 is 5.38. The van der Waals surface area contributed by atoms with Gasteiger partial charge in [-0.3, -0.25) is 0 Å². The SMILES string of the molecule is Cc1cccc(CN)c1OCCO. The van der Waals surface area contributed by atoms with Crippen LogP contribution in [-0.4, -0.2) is 18.3 Å². The highest BCUT2D eigenvalue weighted by molar-refractivity contribution is 5.40. The first kappa shape index (κ1) is 10.0. The highest BCUT2D eigenvalue weighted by Crippen LogP contribution is 2.22. The Morgan fingerprint density at radius 1 is 1.46 bits per heavy atom. The highest BCUT2D eigenvalue weighted by atomic mass is 16.5. The third-order valence-electron chi connectivity index (χ3n) is 1.85. The van der Waals surface area contributed by atoms with Crippen LogP contribution in [-0.2, 0) is 6.54 Å². The second kappa shape index (κ2) is 4.84. The lowest BCUT2D eigenvalue weighted by Crippen LogP contribution is -2.07. The number of aliphatic hydroxyl groups excluding tert-OH is 1. The van der Waals surface area contributed by atoms with Crippen molar-refractivity contribution in [2.24, 2.45) is 5.73 Å². The van der Waals surface area contributed by atoms with Gasteiger partial charge in [0.15, 0.2) is 0 Å². The van der Waals surface area contributed by atoms with E-state index in [0.29, 0.717) is 13.2 Å². The van der Waals surface area contributed by atoms with Gasteiger partial charge in [0, 0.05) is 12.1 Å². The molecule has 0 aliphatic rings. The normalized spacial score (nSPS) is 10.1. The van der Waals surface area contributed by atoms with Gasteiger partial charge in [-0.25, -0.2) is 0 Å². The quantitative estimate of drug-likeness (QED) is 0.723. The van der Waals surface area contributed by atoms with Crippen LogP contribution in [0.25, 0.3) is 0 Å². The lowest BCUT2D eigenvalue weighted by Gasteiger charge is -2.11. The van der Waals surface area contributed by atoms with Gasteiger partial charge in [0.2, 0.25) is 0 Å². The molecule has 1 rings (SSSR count). The predicted molar refractivity (Wildman–Crippen MR) is 51.7 cm³/mol. The fourth-order valence-corrected chi connectivity index (χ4v) is 1.23. The van der Waals surface area contributed by atoms with Crippen LogP contribution in [0.4, 0.5) is 0 Å². The van der Waals surface area contributed by atoms with Gasteiger partial charge in [-0.2, -0.15) is 0 Å². The topological polar surface area (TPSA) is 55.5 Å². The molecule has 13 heavy (non-hydrogen) atoms. The van der Waals surface area contributed by atoms with Gasteiger partial charge in [-0.15, -0.1) is 0 Å². The van der Waals surface area contributed by atoms with Gasteiger partial charge in [-0.1, -0.05) is 18.2 Å². The average molecular weight is 181 g/mol. The van der Waals surface area contributed by atoms with E-state index < -0.39 is 0 Å². The molecular weight excluding hydrogens is 166 g/mol. The van der Waals surface area contributed by atoms with E-state index in [1.807, 2.05) is 25.1 Å². The van der Waals surface area contributed by atoms with E-state index in [2.05, 4.69) is 0 Å². The van der Waals surface area contributed by atoms with E-state index in [1.54, 1.807) is 0 Å². The van der Waals surface area contributed by atoms with Gasteiger partial charge >= 0.3 is 0 Å². The molecule has 3 N–H and O–H groups in total. The average Bonchev–Trinajstić information content (AvgIpc) is 2.15. The molecule has 1 aromatic rings. The molecule has 0 saturated heterocycles. The lowest BCUT2D eigenvalue weighted by molar-refractivity contribution is 0.199. The number of benzene rings is 1. The van der Waals surface area contributed by atoms with E-state index in [9.17, 15) is 0 Å². The van der Waals surface area contributed by atoms with Gasteiger partial charge in [0.1, 0.15) is 12.4 Å². The summed E-state index contributed by atoms with van der Waals surface area (Å²) in [5, 5.41) is 8.63. The standard InChI is InChI=1S/C10H15NO2/c1-8-3-2-4-9(7-11)10(8)13-6-5-12/h2-4,12H,5-7,11H2,1H3. The minimum absolute atomic E-state index is 0.0261. The smallest absolute Gasteiger partial charge is 0.126 e. The van der Waals surface area contributed by atoms with Crippen molar-refractivity contribution in [3.05, 3.63) is 29.3 Å². The number of para-hydroxylation sites is 1. The van der Waals surface area contributed by atoms with Crippen LogP contribution in [0.1, 0.15) is 11.1 Å². The Labute approximate surface area is 78.1 Å². The summed E-state index contributed by atoms with van der Waals surface area (Å²) >= 11 is 0. The molecule has 3 nitrogen and oxygen atoms in total. The second-order valence-electron chi connectivity index (χ2n) is 2.84. The first-order valence-electron chi connectivity index (χ1n) is 4.31. The van der Waals surface area contributed by atoms with Gasteiger partial charge in [0.05, 0.1) is 6.61 Å². The van der Waals surface area contributed by atoms with Gasteiger partial charge in [-0.05, 0) is 12.5 Å². The Bertz CT molecular complexity index is 274. The Balaban J connectivity index is 2.87. The first-order chi connectivity index (χ1) is 6.29. The zero-order valence-corrected chi connectivity index (χ0v) is 7.79. The summed E-state index contributed by atoms with van der Waals surface area (Å²) in [4.78, 5) is 0. The monoisotopic (exact) mass is 181 g/mol. The summed E-state index contributed by atoms with van der Waals surface area (Å²) in [6.45, 7) is 2.77. The molecule has 0 spiro atoms. The molecule has 0 heterocycles. The summed E-state index contributed by atoms with van der Waals surface area (Å²) in [5.74, 6) is 0.805. The summed E-state index contributed by atoms with van der Waals surface area (Å²) in [6, 6.07) is 5.84. The maximum absolute atomic E-state index is 8.63. The van der Waals surface area contributed by atoms with Crippen molar-refractivity contribution in [2.75, 3.05) is 13.2 Å². The molecule has 0 amide bonds. The van der Waals surface area contributed by atoms with Crippen LogP contribution in [0.2, 0.25) is 0 Å². The highest BCUT2D eigenvalue weighted by Gasteiger charge is 2.04. The maximum atomic E-state index is 8.63. The van der Waals surface area contributed by atoms with Crippen molar-refractivity contribution in [2.45, 2.75) is 13.5 Å². The molecule has 1 aromatic carbocycles. The minimum Gasteiger partial charge on any atom is -0.491 e. The van der Waals surface area contributed by atoms with Gasteiger partial charge in [0.25, 0.3) is 0 Å². The number of ether oxygens (including phenoxy) is 1. The molecule has 0 saturated carbocycles. The number of nitrogens with two attached hydrogens (primary N) is 1. The zero-order valence-electron chi connectivity index (χ0n) is 7.79. The molecule has 0 bridgehead atoms. The van der Waals surface area contributed by atoms with E-state index >= 15 is 0 Å². The fourth-order valence-electron chi connectivity index (χ4n) is 1.23. The Morgan fingerprint density at radius 3 is 2.85 bits per heavy atom. The Hall–Kier alpha value is -1.06. The van der Waals surface area contributed by atoms with Crippen molar-refractivity contribution in [1.82, 2.24) is 0 Å².